The van der Waals surface area contributed by atoms with Gasteiger partial charge < -0.3 is 0 Å². The zero-order chi connectivity index (χ0) is 15.6. The molecule has 1 saturated heterocycles. The summed E-state index contributed by atoms with van der Waals surface area (Å²) in [6, 6.07) is 7.84. The Balaban J connectivity index is 1.79. The molecular formula is C18H27NO2S. The van der Waals surface area contributed by atoms with E-state index in [9.17, 15) is 8.42 Å². The number of piperidine rings is 1. The lowest BCUT2D eigenvalue weighted by atomic mass is 9.84. The topological polar surface area (TPSA) is 37.4 Å². The Kier molecular flexibility index (Phi) is 4.88. The average Bonchev–Trinajstić information content (AvgIpc) is 2.56. The van der Waals surface area contributed by atoms with Gasteiger partial charge in [-0.3, -0.25) is 0 Å². The molecule has 2 fully saturated rings. The molecule has 0 unspecified atom stereocenters. The second kappa shape index (κ2) is 6.71. The highest BCUT2D eigenvalue weighted by molar-refractivity contribution is 7.89. The molecule has 3 rings (SSSR count). The van der Waals surface area contributed by atoms with Crippen LogP contribution in [0.15, 0.2) is 29.2 Å². The van der Waals surface area contributed by atoms with Crippen molar-refractivity contribution in [3.8, 4) is 0 Å². The maximum Gasteiger partial charge on any atom is 0.243 e. The van der Waals surface area contributed by atoms with Crippen LogP contribution in [0.2, 0.25) is 0 Å². The lowest BCUT2D eigenvalue weighted by Gasteiger charge is -2.32. The van der Waals surface area contributed by atoms with E-state index in [1.165, 1.54) is 37.7 Å². The summed E-state index contributed by atoms with van der Waals surface area (Å²) in [5.74, 6) is 0.624. The molecule has 1 heterocycles. The smallest absolute Gasteiger partial charge is 0.207 e. The molecule has 1 aromatic carbocycles. The van der Waals surface area contributed by atoms with Gasteiger partial charge in [0.25, 0.3) is 0 Å². The Hall–Kier alpha value is -0.870. The van der Waals surface area contributed by atoms with Crippen LogP contribution in [-0.4, -0.2) is 25.3 Å². The molecule has 0 amide bonds. The van der Waals surface area contributed by atoms with E-state index in [0.717, 1.165) is 19.3 Å². The highest BCUT2D eigenvalue weighted by atomic mass is 32.2. The molecule has 4 heteroatoms. The molecule has 0 N–H and O–H groups in total. The summed E-state index contributed by atoms with van der Waals surface area (Å²) in [6.45, 7) is 2.68. The molecule has 0 spiro atoms. The molecule has 3 nitrogen and oxygen atoms in total. The van der Waals surface area contributed by atoms with Gasteiger partial charge in [-0.2, -0.15) is 4.31 Å². The zero-order valence-electron chi connectivity index (χ0n) is 13.5. The fourth-order valence-corrected chi connectivity index (χ4v) is 5.61. The number of hydrogen-bond acceptors (Lipinski definition) is 2. The Morgan fingerprint density at radius 1 is 0.909 bits per heavy atom. The number of nitrogens with zero attached hydrogens (tertiary/aromatic N) is 1. The van der Waals surface area contributed by atoms with Crippen molar-refractivity contribution in [2.75, 3.05) is 6.54 Å². The van der Waals surface area contributed by atoms with E-state index in [0.29, 0.717) is 17.4 Å². The summed E-state index contributed by atoms with van der Waals surface area (Å²) in [7, 11) is -3.33. The van der Waals surface area contributed by atoms with Gasteiger partial charge in [-0.25, -0.2) is 8.42 Å². The van der Waals surface area contributed by atoms with Gasteiger partial charge in [-0.05, 0) is 56.2 Å². The molecule has 1 aliphatic carbocycles. The van der Waals surface area contributed by atoms with Gasteiger partial charge in [0, 0.05) is 12.6 Å². The van der Waals surface area contributed by atoms with Crippen LogP contribution >= 0.6 is 0 Å². The van der Waals surface area contributed by atoms with Crippen LogP contribution in [0, 0.1) is 0 Å². The molecule has 0 aromatic heterocycles. The highest BCUT2D eigenvalue weighted by Crippen LogP contribution is 2.33. The first-order chi connectivity index (χ1) is 10.6. The van der Waals surface area contributed by atoms with E-state index >= 15 is 0 Å². The van der Waals surface area contributed by atoms with Crippen molar-refractivity contribution in [3.05, 3.63) is 29.8 Å². The molecular weight excluding hydrogens is 294 g/mol. The second-order valence-corrected chi connectivity index (χ2v) is 8.76. The predicted molar refractivity (Wildman–Crippen MR) is 89.5 cm³/mol. The lowest BCUT2D eigenvalue weighted by Crippen LogP contribution is -2.41. The Bertz CT molecular complexity index is 588. The average molecular weight is 321 g/mol. The Morgan fingerprint density at radius 2 is 1.55 bits per heavy atom. The fourth-order valence-electron chi connectivity index (χ4n) is 3.91. The zero-order valence-corrected chi connectivity index (χ0v) is 14.3. The minimum Gasteiger partial charge on any atom is -0.207 e. The minimum absolute atomic E-state index is 0.122. The number of sulfonamides is 1. The summed E-state index contributed by atoms with van der Waals surface area (Å²) >= 11 is 0. The van der Waals surface area contributed by atoms with E-state index in [1.54, 1.807) is 4.31 Å². The monoisotopic (exact) mass is 321 g/mol. The summed E-state index contributed by atoms with van der Waals surface area (Å²) in [6.07, 6.45) is 9.52. The summed E-state index contributed by atoms with van der Waals surface area (Å²) in [5, 5.41) is 0. The van der Waals surface area contributed by atoms with Crippen molar-refractivity contribution in [1.29, 1.82) is 0 Å². The number of hydrogen-bond donors (Lipinski definition) is 0. The van der Waals surface area contributed by atoms with Crippen molar-refractivity contribution < 1.29 is 8.42 Å². The third kappa shape index (κ3) is 3.23. The van der Waals surface area contributed by atoms with Crippen LogP contribution in [0.4, 0.5) is 0 Å². The maximum absolute atomic E-state index is 12.8. The van der Waals surface area contributed by atoms with Crippen LogP contribution in [-0.2, 0) is 10.0 Å². The maximum atomic E-state index is 12.8. The Labute approximate surface area is 134 Å². The summed E-state index contributed by atoms with van der Waals surface area (Å²) in [4.78, 5) is 0.459. The number of benzene rings is 1. The minimum atomic E-state index is -3.33. The fraction of sp³-hybridized carbons (Fsp3) is 0.667. The van der Waals surface area contributed by atoms with Gasteiger partial charge in [0.1, 0.15) is 0 Å². The molecule has 22 heavy (non-hydrogen) atoms. The lowest BCUT2D eigenvalue weighted by molar-refractivity contribution is 0.268. The molecule has 2 aliphatic rings. The first kappa shape index (κ1) is 16.0. The van der Waals surface area contributed by atoms with E-state index in [2.05, 4.69) is 0 Å². The van der Waals surface area contributed by atoms with Crippen LogP contribution < -0.4 is 0 Å². The van der Waals surface area contributed by atoms with Crippen molar-refractivity contribution in [2.45, 2.75) is 75.1 Å². The third-order valence-electron chi connectivity index (χ3n) is 5.31. The molecule has 122 valence electrons. The van der Waals surface area contributed by atoms with E-state index in [1.807, 2.05) is 31.2 Å². The van der Waals surface area contributed by atoms with Gasteiger partial charge in [0.05, 0.1) is 4.90 Å². The normalized spacial score (nSPS) is 25.2. The largest absolute Gasteiger partial charge is 0.243 e. The van der Waals surface area contributed by atoms with E-state index < -0.39 is 10.0 Å². The van der Waals surface area contributed by atoms with Gasteiger partial charge in [0.2, 0.25) is 10.0 Å². The summed E-state index contributed by atoms with van der Waals surface area (Å²) in [5.41, 5.74) is 1.31. The van der Waals surface area contributed by atoms with Crippen LogP contribution in [0.1, 0.15) is 69.8 Å². The van der Waals surface area contributed by atoms with Gasteiger partial charge >= 0.3 is 0 Å². The van der Waals surface area contributed by atoms with Crippen molar-refractivity contribution in [3.63, 3.8) is 0 Å². The van der Waals surface area contributed by atoms with Crippen LogP contribution in [0.25, 0.3) is 0 Å². The molecule has 0 bridgehead atoms. The molecule has 1 aliphatic heterocycles. The second-order valence-electron chi connectivity index (χ2n) is 6.86. The van der Waals surface area contributed by atoms with Gasteiger partial charge in [-0.1, -0.05) is 37.8 Å². The van der Waals surface area contributed by atoms with E-state index in [4.69, 9.17) is 0 Å². The molecule has 1 saturated carbocycles. The molecule has 0 radical (unpaired) electrons. The standard InChI is InChI=1S/C18H27NO2S/c1-15-7-5-6-14-19(15)22(20,21)18-12-10-17(11-13-18)16-8-3-2-4-9-16/h10-13,15-16H,2-9,14H2,1H3/t15-/m0/s1. The Morgan fingerprint density at radius 3 is 2.18 bits per heavy atom. The first-order valence-electron chi connectivity index (χ1n) is 8.71. The van der Waals surface area contributed by atoms with E-state index in [-0.39, 0.29) is 6.04 Å². The van der Waals surface area contributed by atoms with Crippen LogP contribution in [0.5, 0.6) is 0 Å². The van der Waals surface area contributed by atoms with Gasteiger partial charge in [0.15, 0.2) is 0 Å². The van der Waals surface area contributed by atoms with Crippen LogP contribution in [0.3, 0.4) is 0 Å². The highest BCUT2D eigenvalue weighted by Gasteiger charge is 2.31. The van der Waals surface area contributed by atoms with Crippen molar-refractivity contribution in [2.24, 2.45) is 0 Å². The molecule has 1 atom stereocenters. The van der Waals surface area contributed by atoms with Crippen molar-refractivity contribution in [1.82, 2.24) is 4.31 Å². The predicted octanol–water partition coefficient (Wildman–Crippen LogP) is 4.30. The van der Waals surface area contributed by atoms with Gasteiger partial charge in [-0.15, -0.1) is 0 Å². The SMILES string of the molecule is C[C@H]1CCCCN1S(=O)(=O)c1ccc(C2CCCCC2)cc1. The quantitative estimate of drug-likeness (QED) is 0.832. The summed E-state index contributed by atoms with van der Waals surface area (Å²) < 4.78 is 27.3. The third-order valence-corrected chi connectivity index (χ3v) is 7.33. The first-order valence-corrected chi connectivity index (χ1v) is 10.1. The number of rotatable bonds is 3. The molecule has 1 aromatic rings. The van der Waals surface area contributed by atoms with Crippen molar-refractivity contribution >= 4 is 10.0 Å².